The maximum absolute atomic E-state index is 13.3. The third-order valence-corrected chi connectivity index (χ3v) is 8.42. The monoisotopic (exact) mass is 516 g/mol. The molecular formula is C24H25ClN4O5S. The number of sulfonamides is 1. The van der Waals surface area contributed by atoms with Crippen LogP contribution in [0.25, 0.3) is 0 Å². The molecule has 0 saturated carbocycles. The summed E-state index contributed by atoms with van der Waals surface area (Å²) >= 11 is 5.92. The molecule has 0 aliphatic carbocycles. The molecule has 35 heavy (non-hydrogen) atoms. The van der Waals surface area contributed by atoms with Gasteiger partial charge >= 0.3 is 0 Å². The van der Waals surface area contributed by atoms with Crippen molar-refractivity contribution in [1.29, 1.82) is 5.26 Å². The van der Waals surface area contributed by atoms with E-state index in [-0.39, 0.29) is 36.1 Å². The first-order valence-electron chi connectivity index (χ1n) is 11.2. The Morgan fingerprint density at radius 1 is 1.20 bits per heavy atom. The van der Waals surface area contributed by atoms with E-state index in [0.29, 0.717) is 30.0 Å². The Morgan fingerprint density at radius 3 is 2.57 bits per heavy atom. The van der Waals surface area contributed by atoms with Crippen molar-refractivity contribution in [3.05, 3.63) is 64.7 Å². The van der Waals surface area contributed by atoms with Gasteiger partial charge in [0.15, 0.2) is 0 Å². The Morgan fingerprint density at radius 2 is 1.91 bits per heavy atom. The molecule has 2 atom stereocenters. The zero-order valence-corrected chi connectivity index (χ0v) is 20.4. The molecule has 4 rings (SSSR count). The zero-order chi connectivity index (χ0) is 25.2. The van der Waals surface area contributed by atoms with E-state index in [4.69, 9.17) is 16.9 Å². The van der Waals surface area contributed by atoms with Crippen molar-refractivity contribution in [3.8, 4) is 6.07 Å². The molecule has 2 heterocycles. The van der Waals surface area contributed by atoms with E-state index in [1.165, 1.54) is 33.5 Å². The van der Waals surface area contributed by atoms with Crippen LogP contribution in [0.3, 0.4) is 0 Å². The standard InChI is InChI=1S/C24H25ClN4O5S/c25-19-8-6-17(7-9-19)21(15-30)27-23(31)22-5-2-10-29(22)24(32)18-3-1-4-20(11-18)35(33,34)28-13-16(12-26)14-28/h1,3-4,6-9,11,16,21-22,30H,2,5,10,13-15H2,(H,27,31)/t21-,22-/m1/s1. The molecule has 0 aromatic heterocycles. The molecule has 184 valence electrons. The second-order valence-corrected chi connectivity index (χ2v) is 11.0. The van der Waals surface area contributed by atoms with Gasteiger partial charge in [0.05, 0.1) is 29.5 Å². The molecule has 0 radical (unpaired) electrons. The number of hydrogen-bond acceptors (Lipinski definition) is 6. The van der Waals surface area contributed by atoms with Crippen molar-refractivity contribution in [1.82, 2.24) is 14.5 Å². The highest BCUT2D eigenvalue weighted by molar-refractivity contribution is 7.89. The molecular weight excluding hydrogens is 492 g/mol. The van der Waals surface area contributed by atoms with E-state index in [2.05, 4.69) is 5.32 Å². The van der Waals surface area contributed by atoms with Crippen LogP contribution in [0.1, 0.15) is 34.8 Å². The second-order valence-electron chi connectivity index (χ2n) is 8.63. The number of nitrogens with zero attached hydrogens (tertiary/aromatic N) is 3. The van der Waals surface area contributed by atoms with E-state index in [9.17, 15) is 23.1 Å². The van der Waals surface area contributed by atoms with Crippen LogP contribution in [0, 0.1) is 17.2 Å². The van der Waals surface area contributed by atoms with Gasteiger partial charge in [-0.3, -0.25) is 9.59 Å². The predicted octanol–water partition coefficient (Wildman–Crippen LogP) is 1.94. The van der Waals surface area contributed by atoms with Crippen LogP contribution < -0.4 is 5.32 Å². The molecule has 0 bridgehead atoms. The third kappa shape index (κ3) is 5.18. The number of aliphatic hydroxyl groups is 1. The summed E-state index contributed by atoms with van der Waals surface area (Å²) in [7, 11) is -3.81. The van der Waals surface area contributed by atoms with E-state index in [0.717, 1.165) is 0 Å². The van der Waals surface area contributed by atoms with Gasteiger partial charge in [-0.2, -0.15) is 9.57 Å². The average Bonchev–Trinajstić information content (AvgIpc) is 3.32. The van der Waals surface area contributed by atoms with Crippen LogP contribution in [0.4, 0.5) is 0 Å². The number of carbonyl (C=O) groups is 2. The average molecular weight is 517 g/mol. The summed E-state index contributed by atoms with van der Waals surface area (Å²) in [5, 5.41) is 22.1. The number of aliphatic hydroxyl groups excluding tert-OH is 1. The smallest absolute Gasteiger partial charge is 0.254 e. The molecule has 11 heteroatoms. The van der Waals surface area contributed by atoms with Gasteiger partial charge in [-0.05, 0) is 48.7 Å². The lowest BCUT2D eigenvalue weighted by molar-refractivity contribution is -0.125. The number of hydrogen-bond donors (Lipinski definition) is 2. The highest BCUT2D eigenvalue weighted by Gasteiger charge is 2.38. The van der Waals surface area contributed by atoms with Crippen LogP contribution in [-0.4, -0.2) is 66.8 Å². The van der Waals surface area contributed by atoms with Gasteiger partial charge in [-0.15, -0.1) is 0 Å². The molecule has 9 nitrogen and oxygen atoms in total. The lowest BCUT2D eigenvalue weighted by Gasteiger charge is -2.34. The fraction of sp³-hybridized carbons (Fsp3) is 0.375. The molecule has 2 saturated heterocycles. The minimum absolute atomic E-state index is 0.0250. The summed E-state index contributed by atoms with van der Waals surface area (Å²) in [5.41, 5.74) is 0.850. The summed E-state index contributed by atoms with van der Waals surface area (Å²) < 4.78 is 26.9. The second kappa shape index (κ2) is 10.3. The van der Waals surface area contributed by atoms with Crippen molar-refractivity contribution in [2.24, 2.45) is 5.92 Å². The maximum atomic E-state index is 13.3. The predicted molar refractivity (Wildman–Crippen MR) is 128 cm³/mol. The van der Waals surface area contributed by atoms with Crippen LogP contribution in [0.5, 0.6) is 0 Å². The van der Waals surface area contributed by atoms with Crippen molar-refractivity contribution >= 4 is 33.4 Å². The molecule has 0 spiro atoms. The summed E-state index contributed by atoms with van der Waals surface area (Å²) in [6.45, 7) is 0.293. The number of likely N-dealkylation sites (tertiary alicyclic amines) is 1. The van der Waals surface area contributed by atoms with E-state index in [1.54, 1.807) is 24.3 Å². The topological polar surface area (TPSA) is 131 Å². The number of carbonyl (C=O) groups excluding carboxylic acids is 2. The Labute approximate surface area is 208 Å². The lowest BCUT2D eigenvalue weighted by atomic mass is 10.1. The first kappa shape index (κ1) is 25.1. The number of amides is 2. The lowest BCUT2D eigenvalue weighted by Crippen LogP contribution is -2.49. The van der Waals surface area contributed by atoms with E-state index >= 15 is 0 Å². The van der Waals surface area contributed by atoms with Gasteiger partial charge in [0, 0.05) is 30.2 Å². The Kier molecular flexibility index (Phi) is 7.42. The quantitative estimate of drug-likeness (QED) is 0.578. The van der Waals surface area contributed by atoms with Crippen LogP contribution in [0.15, 0.2) is 53.4 Å². The van der Waals surface area contributed by atoms with Gasteiger partial charge in [0.2, 0.25) is 15.9 Å². The van der Waals surface area contributed by atoms with Gasteiger partial charge in [-0.25, -0.2) is 8.42 Å². The van der Waals surface area contributed by atoms with E-state index < -0.39 is 33.9 Å². The first-order valence-corrected chi connectivity index (χ1v) is 13.0. The number of rotatable bonds is 7. The number of nitrogens with one attached hydrogen (secondary N) is 1. The normalized spacial score (nSPS) is 19.6. The van der Waals surface area contributed by atoms with Crippen LogP contribution >= 0.6 is 11.6 Å². The number of nitriles is 1. The zero-order valence-electron chi connectivity index (χ0n) is 18.8. The summed E-state index contributed by atoms with van der Waals surface area (Å²) in [6, 6.07) is 13.1. The molecule has 2 N–H and O–H groups in total. The fourth-order valence-corrected chi connectivity index (χ4v) is 6.00. The molecule has 2 amide bonds. The minimum atomic E-state index is -3.81. The molecule has 2 aromatic rings. The van der Waals surface area contributed by atoms with Gasteiger partial charge in [0.25, 0.3) is 5.91 Å². The van der Waals surface area contributed by atoms with Gasteiger partial charge in [-0.1, -0.05) is 29.8 Å². The molecule has 0 unspecified atom stereocenters. The van der Waals surface area contributed by atoms with Crippen molar-refractivity contribution in [2.45, 2.75) is 29.8 Å². The number of halogens is 1. The molecule has 2 aliphatic heterocycles. The SMILES string of the molecule is N#CC1CN(S(=O)(=O)c2cccc(C(=O)N3CCC[C@@H]3C(=O)N[C@H](CO)c3ccc(Cl)cc3)c2)C1. The van der Waals surface area contributed by atoms with Crippen LogP contribution in [0.2, 0.25) is 5.02 Å². The summed E-state index contributed by atoms with van der Waals surface area (Å²) in [6.07, 6.45) is 1.08. The largest absolute Gasteiger partial charge is 0.394 e. The van der Waals surface area contributed by atoms with Gasteiger partial charge < -0.3 is 15.3 Å². The van der Waals surface area contributed by atoms with E-state index in [1.807, 2.05) is 6.07 Å². The van der Waals surface area contributed by atoms with Crippen molar-refractivity contribution < 1.29 is 23.1 Å². The fourth-order valence-electron chi connectivity index (χ4n) is 4.30. The molecule has 2 aromatic carbocycles. The van der Waals surface area contributed by atoms with Crippen LogP contribution in [-0.2, 0) is 14.8 Å². The number of benzene rings is 2. The first-order chi connectivity index (χ1) is 16.7. The Bertz CT molecular complexity index is 1260. The highest BCUT2D eigenvalue weighted by atomic mass is 35.5. The summed E-state index contributed by atoms with van der Waals surface area (Å²) in [4.78, 5) is 27.7. The van der Waals surface area contributed by atoms with Gasteiger partial charge in [0.1, 0.15) is 6.04 Å². The van der Waals surface area contributed by atoms with Crippen molar-refractivity contribution in [2.75, 3.05) is 26.2 Å². The molecule has 2 fully saturated rings. The Hall–Kier alpha value is -2.97. The highest BCUT2D eigenvalue weighted by Crippen LogP contribution is 2.27. The third-order valence-electron chi connectivity index (χ3n) is 6.34. The molecule has 2 aliphatic rings. The Balaban J connectivity index is 1.48. The summed E-state index contributed by atoms with van der Waals surface area (Å²) in [5.74, 6) is -1.16. The minimum Gasteiger partial charge on any atom is -0.394 e. The van der Waals surface area contributed by atoms with Crippen molar-refractivity contribution in [3.63, 3.8) is 0 Å². The maximum Gasteiger partial charge on any atom is 0.254 e.